The maximum Gasteiger partial charge on any atom is 0.282 e. The molecule has 1 fully saturated rings. The summed E-state index contributed by atoms with van der Waals surface area (Å²) < 4.78 is 16.3. The van der Waals surface area contributed by atoms with Crippen molar-refractivity contribution in [2.75, 3.05) is 25.8 Å². The van der Waals surface area contributed by atoms with Gasteiger partial charge in [-0.1, -0.05) is 18.2 Å². The Morgan fingerprint density at radius 2 is 1.67 bits per heavy atom. The Hall–Kier alpha value is -3.48. The first kappa shape index (κ1) is 18.3. The number of amides is 2. The maximum absolute atomic E-state index is 12.7. The SMILES string of the molecule is CCOc1c(OC)cc(/C=C2/C(=O)NN(c3ccccc3)C2=O)cc1OC. The lowest BCUT2D eigenvalue weighted by atomic mass is 10.1. The summed E-state index contributed by atoms with van der Waals surface area (Å²) in [6.07, 6.45) is 1.50. The fourth-order valence-corrected chi connectivity index (χ4v) is 2.75. The summed E-state index contributed by atoms with van der Waals surface area (Å²) in [4.78, 5) is 25.0. The first-order valence-corrected chi connectivity index (χ1v) is 8.40. The first-order chi connectivity index (χ1) is 13.1. The number of hydrogen-bond acceptors (Lipinski definition) is 5. The van der Waals surface area contributed by atoms with Crippen molar-refractivity contribution < 1.29 is 23.8 Å². The first-order valence-electron chi connectivity index (χ1n) is 8.40. The van der Waals surface area contributed by atoms with Gasteiger partial charge in [-0.25, -0.2) is 5.01 Å². The van der Waals surface area contributed by atoms with Gasteiger partial charge >= 0.3 is 0 Å². The normalized spacial score (nSPS) is 15.1. The molecule has 0 atom stereocenters. The smallest absolute Gasteiger partial charge is 0.282 e. The van der Waals surface area contributed by atoms with Crippen LogP contribution >= 0.6 is 0 Å². The van der Waals surface area contributed by atoms with Gasteiger partial charge in [-0.3, -0.25) is 15.0 Å². The van der Waals surface area contributed by atoms with Gasteiger partial charge in [0, 0.05) is 0 Å². The number of carbonyl (C=O) groups excluding carboxylic acids is 2. The van der Waals surface area contributed by atoms with Crippen LogP contribution in [0.3, 0.4) is 0 Å². The molecule has 2 amide bonds. The molecule has 0 radical (unpaired) electrons. The highest BCUT2D eigenvalue weighted by Crippen LogP contribution is 2.39. The number of hydrogen-bond donors (Lipinski definition) is 1. The van der Waals surface area contributed by atoms with E-state index in [9.17, 15) is 9.59 Å². The molecule has 1 N–H and O–H groups in total. The molecule has 27 heavy (non-hydrogen) atoms. The van der Waals surface area contributed by atoms with Crippen molar-refractivity contribution in [1.82, 2.24) is 5.43 Å². The van der Waals surface area contributed by atoms with Crippen molar-refractivity contribution in [1.29, 1.82) is 0 Å². The van der Waals surface area contributed by atoms with Crippen LogP contribution in [0, 0.1) is 0 Å². The number of methoxy groups -OCH3 is 2. The fourth-order valence-electron chi connectivity index (χ4n) is 2.75. The Labute approximate surface area is 157 Å². The predicted octanol–water partition coefficient (Wildman–Crippen LogP) is 2.56. The molecule has 0 unspecified atom stereocenters. The molecule has 0 aliphatic carbocycles. The highest BCUT2D eigenvalue weighted by Gasteiger charge is 2.34. The lowest BCUT2D eigenvalue weighted by molar-refractivity contribution is -0.117. The quantitative estimate of drug-likeness (QED) is 0.626. The molecule has 0 aromatic heterocycles. The van der Waals surface area contributed by atoms with Crippen LogP contribution in [0.2, 0.25) is 0 Å². The minimum atomic E-state index is -0.476. The van der Waals surface area contributed by atoms with Crippen LogP contribution < -0.4 is 24.6 Å². The third-order valence-electron chi connectivity index (χ3n) is 3.99. The Bertz CT molecular complexity index is 867. The van der Waals surface area contributed by atoms with Gasteiger partial charge in [-0.2, -0.15) is 0 Å². The molecular formula is C20H20N2O5. The molecule has 0 saturated carbocycles. The van der Waals surface area contributed by atoms with Crippen molar-refractivity contribution in [3.63, 3.8) is 0 Å². The molecule has 3 rings (SSSR count). The van der Waals surface area contributed by atoms with E-state index in [1.165, 1.54) is 25.3 Å². The van der Waals surface area contributed by atoms with E-state index in [0.717, 1.165) is 0 Å². The predicted molar refractivity (Wildman–Crippen MR) is 101 cm³/mol. The van der Waals surface area contributed by atoms with Crippen molar-refractivity contribution in [3.05, 3.63) is 53.6 Å². The summed E-state index contributed by atoms with van der Waals surface area (Å²) in [7, 11) is 3.03. The van der Waals surface area contributed by atoms with Gasteiger partial charge < -0.3 is 14.2 Å². The van der Waals surface area contributed by atoms with E-state index in [0.29, 0.717) is 35.1 Å². The Balaban J connectivity index is 1.98. The van der Waals surface area contributed by atoms with Crippen LogP contribution in [0.4, 0.5) is 5.69 Å². The van der Waals surface area contributed by atoms with Crippen molar-refractivity contribution in [2.45, 2.75) is 6.92 Å². The number of carbonyl (C=O) groups is 2. The van der Waals surface area contributed by atoms with Gasteiger partial charge in [0.2, 0.25) is 5.75 Å². The molecule has 7 nitrogen and oxygen atoms in total. The van der Waals surface area contributed by atoms with Crippen LogP contribution in [0.15, 0.2) is 48.0 Å². The number of hydrazine groups is 1. The highest BCUT2D eigenvalue weighted by molar-refractivity contribution is 6.31. The van der Waals surface area contributed by atoms with Crippen molar-refractivity contribution >= 4 is 23.6 Å². The van der Waals surface area contributed by atoms with Gasteiger partial charge in [0.15, 0.2) is 11.5 Å². The lowest BCUT2D eigenvalue weighted by Gasteiger charge is -2.14. The van der Waals surface area contributed by atoms with Crippen molar-refractivity contribution in [3.8, 4) is 17.2 Å². The van der Waals surface area contributed by atoms with E-state index in [2.05, 4.69) is 5.43 Å². The number of para-hydroxylation sites is 1. The van der Waals surface area contributed by atoms with E-state index >= 15 is 0 Å². The minimum absolute atomic E-state index is 0.0205. The molecule has 2 aromatic carbocycles. The molecule has 1 heterocycles. The van der Waals surface area contributed by atoms with Gasteiger partial charge in [-0.15, -0.1) is 0 Å². The van der Waals surface area contributed by atoms with Crippen LogP contribution in [-0.2, 0) is 9.59 Å². The summed E-state index contributed by atoms with van der Waals surface area (Å²) in [5.41, 5.74) is 3.76. The molecule has 1 aliphatic heterocycles. The van der Waals surface area contributed by atoms with E-state index in [4.69, 9.17) is 14.2 Å². The Morgan fingerprint density at radius 3 is 2.22 bits per heavy atom. The van der Waals surface area contributed by atoms with E-state index in [1.807, 2.05) is 13.0 Å². The van der Waals surface area contributed by atoms with Gasteiger partial charge in [0.25, 0.3) is 11.8 Å². The van der Waals surface area contributed by atoms with Gasteiger partial charge in [0.05, 0.1) is 26.5 Å². The lowest BCUT2D eigenvalue weighted by Crippen LogP contribution is -2.35. The summed E-state index contributed by atoms with van der Waals surface area (Å²) in [6.45, 7) is 2.30. The monoisotopic (exact) mass is 368 g/mol. The third kappa shape index (κ3) is 3.57. The standard InChI is InChI=1S/C20H20N2O5/c1-4-27-18-16(25-2)11-13(12-17(18)26-3)10-15-19(23)21-22(20(15)24)14-8-6-5-7-9-14/h5-12H,4H2,1-3H3,(H,21,23)/b15-10-. The number of benzene rings is 2. The average Bonchev–Trinajstić information content (AvgIpc) is 2.97. The number of rotatable bonds is 6. The van der Waals surface area contributed by atoms with Crippen LogP contribution in [0.5, 0.6) is 17.2 Å². The zero-order valence-electron chi connectivity index (χ0n) is 15.3. The van der Waals surface area contributed by atoms with Crippen molar-refractivity contribution in [2.24, 2.45) is 0 Å². The number of nitrogens with zero attached hydrogens (tertiary/aromatic N) is 1. The average molecular weight is 368 g/mol. The third-order valence-corrected chi connectivity index (χ3v) is 3.99. The summed E-state index contributed by atoms with van der Waals surface area (Å²) in [5, 5.41) is 1.22. The summed E-state index contributed by atoms with van der Waals surface area (Å²) >= 11 is 0. The summed E-state index contributed by atoms with van der Waals surface area (Å²) in [6, 6.07) is 12.3. The Kier molecular flexibility index (Phi) is 5.30. The minimum Gasteiger partial charge on any atom is -0.493 e. The second-order valence-electron chi connectivity index (χ2n) is 5.66. The molecule has 0 spiro atoms. The summed E-state index contributed by atoms with van der Waals surface area (Å²) in [5.74, 6) is 0.467. The molecule has 2 aromatic rings. The molecule has 1 aliphatic rings. The number of anilines is 1. The topological polar surface area (TPSA) is 77.1 Å². The molecule has 140 valence electrons. The second kappa shape index (κ2) is 7.82. The van der Waals surface area contributed by atoms with Crippen LogP contribution in [-0.4, -0.2) is 32.6 Å². The van der Waals surface area contributed by atoms with Gasteiger partial charge in [0.1, 0.15) is 5.57 Å². The second-order valence-corrected chi connectivity index (χ2v) is 5.66. The molecule has 0 bridgehead atoms. The van der Waals surface area contributed by atoms with Crippen LogP contribution in [0.25, 0.3) is 6.08 Å². The number of ether oxygens (including phenoxy) is 3. The van der Waals surface area contributed by atoms with E-state index < -0.39 is 11.8 Å². The molecule has 1 saturated heterocycles. The van der Waals surface area contributed by atoms with Gasteiger partial charge in [-0.05, 0) is 42.8 Å². The number of nitrogens with one attached hydrogen (secondary N) is 1. The van der Waals surface area contributed by atoms with E-state index in [-0.39, 0.29) is 5.57 Å². The zero-order chi connectivity index (χ0) is 19.4. The fraction of sp³-hybridized carbons (Fsp3) is 0.200. The van der Waals surface area contributed by atoms with Crippen LogP contribution in [0.1, 0.15) is 12.5 Å². The zero-order valence-corrected chi connectivity index (χ0v) is 15.3. The Morgan fingerprint density at radius 1 is 1.04 bits per heavy atom. The molecule has 7 heteroatoms. The maximum atomic E-state index is 12.7. The largest absolute Gasteiger partial charge is 0.493 e. The highest BCUT2D eigenvalue weighted by atomic mass is 16.5. The molecular weight excluding hydrogens is 348 g/mol. The van der Waals surface area contributed by atoms with E-state index in [1.54, 1.807) is 36.4 Å².